The minimum atomic E-state index is 0.726. The lowest BCUT2D eigenvalue weighted by molar-refractivity contribution is 0.474. The first-order chi connectivity index (χ1) is 8.18. The Morgan fingerprint density at radius 3 is 2.41 bits per heavy atom. The fourth-order valence-corrected chi connectivity index (χ4v) is 3.78. The Bertz CT molecular complexity index is 350. The van der Waals surface area contributed by atoms with Gasteiger partial charge in [-0.3, -0.25) is 0 Å². The first kappa shape index (κ1) is 13.1. The van der Waals surface area contributed by atoms with E-state index in [0.29, 0.717) is 0 Å². The molecule has 1 aliphatic rings. The monoisotopic (exact) mass is 294 g/mol. The van der Waals surface area contributed by atoms with Crippen LogP contribution in [-0.4, -0.2) is 4.83 Å². The predicted octanol–water partition coefficient (Wildman–Crippen LogP) is 5.19. The highest BCUT2D eigenvalue weighted by Crippen LogP contribution is 2.32. The van der Waals surface area contributed by atoms with Gasteiger partial charge in [0, 0.05) is 4.83 Å². The van der Waals surface area contributed by atoms with Crippen molar-refractivity contribution in [1.82, 2.24) is 0 Å². The lowest BCUT2D eigenvalue weighted by Gasteiger charge is -2.22. The average molecular weight is 295 g/mol. The van der Waals surface area contributed by atoms with Crippen LogP contribution in [-0.2, 0) is 6.42 Å². The van der Waals surface area contributed by atoms with Crippen molar-refractivity contribution in [2.45, 2.75) is 57.2 Å². The standard InChI is InChI=1S/C16H23Br/c1-12-7-6-8-13(2)15(12)11-14-9-4-3-5-10-16(14)17/h6-8,14,16H,3-5,9-11H2,1-2H3. The summed E-state index contributed by atoms with van der Waals surface area (Å²) in [6.07, 6.45) is 8.25. The zero-order valence-corrected chi connectivity index (χ0v) is 12.6. The van der Waals surface area contributed by atoms with Crippen LogP contribution in [0.5, 0.6) is 0 Å². The molecule has 2 atom stereocenters. The molecule has 1 heteroatoms. The highest BCUT2D eigenvalue weighted by atomic mass is 79.9. The lowest BCUT2D eigenvalue weighted by Crippen LogP contribution is -2.16. The molecule has 0 N–H and O–H groups in total. The van der Waals surface area contributed by atoms with Crippen LogP contribution in [0.15, 0.2) is 18.2 Å². The second-order valence-electron chi connectivity index (χ2n) is 5.49. The van der Waals surface area contributed by atoms with Gasteiger partial charge in [0.25, 0.3) is 0 Å². The summed E-state index contributed by atoms with van der Waals surface area (Å²) in [5, 5.41) is 0. The summed E-state index contributed by atoms with van der Waals surface area (Å²) in [6.45, 7) is 4.50. The van der Waals surface area contributed by atoms with Crippen LogP contribution in [0.25, 0.3) is 0 Å². The highest BCUT2D eigenvalue weighted by Gasteiger charge is 2.22. The van der Waals surface area contributed by atoms with Crippen molar-refractivity contribution in [2.75, 3.05) is 0 Å². The third-order valence-corrected chi connectivity index (χ3v) is 5.38. The number of aryl methyl sites for hydroxylation is 2. The lowest BCUT2D eigenvalue weighted by atomic mass is 9.88. The fourth-order valence-electron chi connectivity index (χ4n) is 3.00. The zero-order chi connectivity index (χ0) is 12.3. The zero-order valence-electron chi connectivity index (χ0n) is 11.0. The van der Waals surface area contributed by atoms with Crippen LogP contribution in [0.3, 0.4) is 0 Å². The third-order valence-electron chi connectivity index (χ3n) is 4.18. The summed E-state index contributed by atoms with van der Waals surface area (Å²) in [4.78, 5) is 0.726. The van der Waals surface area contributed by atoms with Crippen LogP contribution < -0.4 is 0 Å². The number of rotatable bonds is 2. The molecule has 1 aromatic rings. The maximum Gasteiger partial charge on any atom is 0.0177 e. The summed E-state index contributed by atoms with van der Waals surface area (Å²) >= 11 is 3.91. The van der Waals surface area contributed by atoms with Gasteiger partial charge in [0.15, 0.2) is 0 Å². The number of hydrogen-bond acceptors (Lipinski definition) is 0. The average Bonchev–Trinajstić information content (AvgIpc) is 2.49. The van der Waals surface area contributed by atoms with Crippen molar-refractivity contribution in [3.63, 3.8) is 0 Å². The number of hydrogen-bond donors (Lipinski definition) is 0. The molecular formula is C16H23Br. The van der Waals surface area contributed by atoms with E-state index in [9.17, 15) is 0 Å². The first-order valence-electron chi connectivity index (χ1n) is 6.87. The van der Waals surface area contributed by atoms with Crippen LogP contribution in [0.4, 0.5) is 0 Å². The van der Waals surface area contributed by atoms with Crippen molar-refractivity contribution in [3.8, 4) is 0 Å². The summed E-state index contributed by atoms with van der Waals surface area (Å²) in [6, 6.07) is 6.68. The second-order valence-corrected chi connectivity index (χ2v) is 6.66. The van der Waals surface area contributed by atoms with E-state index in [1.54, 1.807) is 5.56 Å². The summed E-state index contributed by atoms with van der Waals surface area (Å²) in [5.74, 6) is 0.831. The van der Waals surface area contributed by atoms with E-state index in [2.05, 4.69) is 48.0 Å². The molecule has 0 spiro atoms. The Morgan fingerprint density at radius 2 is 1.71 bits per heavy atom. The van der Waals surface area contributed by atoms with E-state index in [-0.39, 0.29) is 0 Å². The summed E-state index contributed by atoms with van der Waals surface area (Å²) < 4.78 is 0. The molecule has 0 aliphatic heterocycles. The Kier molecular flexibility index (Phi) is 4.67. The van der Waals surface area contributed by atoms with Crippen LogP contribution >= 0.6 is 15.9 Å². The Labute approximate surface area is 114 Å². The van der Waals surface area contributed by atoms with Gasteiger partial charge < -0.3 is 0 Å². The molecule has 2 rings (SSSR count). The van der Waals surface area contributed by atoms with Crippen molar-refractivity contribution in [3.05, 3.63) is 34.9 Å². The molecule has 0 aromatic heterocycles. The van der Waals surface area contributed by atoms with Gasteiger partial charge in [-0.2, -0.15) is 0 Å². The Hall–Kier alpha value is -0.300. The third kappa shape index (κ3) is 3.34. The molecule has 1 fully saturated rings. The molecule has 1 aromatic carbocycles. The molecule has 0 amide bonds. The van der Waals surface area contributed by atoms with E-state index in [0.717, 1.165) is 10.7 Å². The van der Waals surface area contributed by atoms with Gasteiger partial charge >= 0.3 is 0 Å². The van der Waals surface area contributed by atoms with Crippen molar-refractivity contribution in [1.29, 1.82) is 0 Å². The fraction of sp³-hybridized carbons (Fsp3) is 0.625. The van der Waals surface area contributed by atoms with Crippen LogP contribution in [0, 0.1) is 19.8 Å². The summed E-state index contributed by atoms with van der Waals surface area (Å²) in [5.41, 5.74) is 4.52. The van der Waals surface area contributed by atoms with Crippen molar-refractivity contribution in [2.24, 2.45) is 5.92 Å². The molecule has 2 unspecified atom stereocenters. The minimum absolute atomic E-state index is 0.726. The van der Waals surface area contributed by atoms with E-state index in [1.807, 2.05) is 0 Å². The van der Waals surface area contributed by atoms with Crippen LogP contribution in [0.2, 0.25) is 0 Å². The van der Waals surface area contributed by atoms with Crippen molar-refractivity contribution >= 4 is 15.9 Å². The molecule has 0 bridgehead atoms. The van der Waals surface area contributed by atoms with E-state index in [4.69, 9.17) is 0 Å². The molecule has 1 saturated carbocycles. The SMILES string of the molecule is Cc1cccc(C)c1CC1CCCCCC1Br. The highest BCUT2D eigenvalue weighted by molar-refractivity contribution is 9.09. The van der Waals surface area contributed by atoms with Gasteiger partial charge in [0.1, 0.15) is 0 Å². The largest absolute Gasteiger partial charge is 0.0888 e. The molecule has 0 saturated heterocycles. The van der Waals surface area contributed by atoms with E-state index in [1.165, 1.54) is 49.7 Å². The number of halogens is 1. The maximum absolute atomic E-state index is 3.91. The van der Waals surface area contributed by atoms with Gasteiger partial charge in [0.05, 0.1) is 0 Å². The van der Waals surface area contributed by atoms with Gasteiger partial charge in [-0.25, -0.2) is 0 Å². The topological polar surface area (TPSA) is 0 Å². The minimum Gasteiger partial charge on any atom is -0.0888 e. The van der Waals surface area contributed by atoms with Gasteiger partial charge in [0.2, 0.25) is 0 Å². The molecule has 0 radical (unpaired) electrons. The van der Waals surface area contributed by atoms with Gasteiger partial charge in [-0.1, -0.05) is 53.4 Å². The quantitative estimate of drug-likeness (QED) is 0.520. The maximum atomic E-state index is 3.91. The van der Waals surface area contributed by atoms with E-state index < -0.39 is 0 Å². The molecule has 1 aliphatic carbocycles. The van der Waals surface area contributed by atoms with Crippen LogP contribution in [0.1, 0.15) is 48.8 Å². The normalized spacial score (nSPS) is 25.6. The second kappa shape index (κ2) is 6.04. The van der Waals surface area contributed by atoms with Crippen molar-refractivity contribution < 1.29 is 0 Å². The Balaban J connectivity index is 2.13. The molecule has 94 valence electrons. The van der Waals surface area contributed by atoms with Gasteiger partial charge in [-0.15, -0.1) is 0 Å². The van der Waals surface area contributed by atoms with Gasteiger partial charge in [-0.05, 0) is 55.7 Å². The number of alkyl halides is 1. The molecule has 17 heavy (non-hydrogen) atoms. The smallest absolute Gasteiger partial charge is 0.0177 e. The molecular weight excluding hydrogens is 272 g/mol. The molecule has 0 nitrogen and oxygen atoms in total. The predicted molar refractivity (Wildman–Crippen MR) is 78.9 cm³/mol. The van der Waals surface area contributed by atoms with E-state index >= 15 is 0 Å². The summed E-state index contributed by atoms with van der Waals surface area (Å²) in [7, 11) is 0. The molecule has 0 heterocycles. The first-order valence-corrected chi connectivity index (χ1v) is 7.79. The Morgan fingerprint density at radius 1 is 1.06 bits per heavy atom. The number of benzene rings is 1.